The Morgan fingerprint density at radius 1 is 0.943 bits per heavy atom. The van der Waals surface area contributed by atoms with Gasteiger partial charge in [0.1, 0.15) is 5.75 Å². The zero-order chi connectivity index (χ0) is 24.9. The van der Waals surface area contributed by atoms with Gasteiger partial charge in [0.25, 0.3) is 0 Å². The molecule has 1 saturated carbocycles. The molecule has 0 aliphatic heterocycles. The van der Waals surface area contributed by atoms with Crippen molar-refractivity contribution in [1.29, 1.82) is 0 Å². The minimum absolute atomic E-state index is 0.129. The predicted molar refractivity (Wildman–Crippen MR) is 142 cm³/mol. The zero-order valence-electron chi connectivity index (χ0n) is 20.6. The molecular formula is C28H40ClN3O3. The van der Waals surface area contributed by atoms with Gasteiger partial charge < -0.3 is 25.7 Å². The highest BCUT2D eigenvalue weighted by Gasteiger charge is 2.24. The van der Waals surface area contributed by atoms with Gasteiger partial charge in [-0.05, 0) is 74.2 Å². The molecule has 192 valence electrons. The van der Waals surface area contributed by atoms with Crippen molar-refractivity contribution in [3.63, 3.8) is 0 Å². The number of hydrogen-bond acceptors (Lipinski definition) is 5. The molecule has 0 heterocycles. The first-order valence-electron chi connectivity index (χ1n) is 12.9. The zero-order valence-corrected chi connectivity index (χ0v) is 21.4. The fraction of sp³-hybridized carbons (Fsp3) is 0.536. The minimum Gasteiger partial charge on any atom is -0.508 e. The fourth-order valence-corrected chi connectivity index (χ4v) is 4.98. The molecule has 4 N–H and O–H groups in total. The molecule has 1 aliphatic rings. The van der Waals surface area contributed by atoms with Gasteiger partial charge in [-0.3, -0.25) is 4.79 Å². The van der Waals surface area contributed by atoms with E-state index in [0.717, 1.165) is 62.4 Å². The number of nitrogens with one attached hydrogen (secondary N) is 2. The van der Waals surface area contributed by atoms with Gasteiger partial charge in [0, 0.05) is 42.7 Å². The molecule has 7 heteroatoms. The van der Waals surface area contributed by atoms with Crippen LogP contribution < -0.4 is 10.6 Å². The van der Waals surface area contributed by atoms with Crippen molar-refractivity contribution in [1.82, 2.24) is 15.5 Å². The van der Waals surface area contributed by atoms with Crippen LogP contribution in [0.1, 0.15) is 55.2 Å². The molecule has 1 fully saturated rings. The molecular weight excluding hydrogens is 462 g/mol. The van der Waals surface area contributed by atoms with Crippen LogP contribution in [0, 0.1) is 0 Å². The number of nitrogens with zero attached hydrogens (tertiary/aromatic N) is 1. The topological polar surface area (TPSA) is 84.8 Å². The van der Waals surface area contributed by atoms with Crippen LogP contribution in [0.4, 0.5) is 0 Å². The summed E-state index contributed by atoms with van der Waals surface area (Å²) in [4.78, 5) is 15.2. The van der Waals surface area contributed by atoms with Crippen LogP contribution in [-0.2, 0) is 24.2 Å². The van der Waals surface area contributed by atoms with Gasteiger partial charge in [-0.2, -0.15) is 0 Å². The van der Waals surface area contributed by atoms with E-state index in [4.69, 9.17) is 11.6 Å². The standard InChI is InChI=1S/C28H40ClN3O3/c29-25-6-4-5-22(20-25)11-14-30-16-13-28(35)32(26-7-2-1-3-8-26)18-17-31-15-12-23-9-10-27(34)24(19-23)21-33/h4-6,9-10,19-20,26,30-31,33-34H,1-3,7-8,11-18,21H2. The maximum atomic E-state index is 13.1. The highest BCUT2D eigenvalue weighted by Crippen LogP contribution is 2.23. The van der Waals surface area contributed by atoms with E-state index in [9.17, 15) is 15.0 Å². The van der Waals surface area contributed by atoms with E-state index in [2.05, 4.69) is 21.6 Å². The Labute approximate surface area is 214 Å². The average molecular weight is 502 g/mol. The number of benzene rings is 2. The number of aromatic hydroxyl groups is 1. The van der Waals surface area contributed by atoms with Gasteiger partial charge in [-0.1, -0.05) is 49.1 Å². The van der Waals surface area contributed by atoms with Crippen LogP contribution in [0.5, 0.6) is 5.75 Å². The normalized spacial score (nSPS) is 14.2. The molecule has 3 rings (SSSR count). The predicted octanol–water partition coefficient (Wildman–Crippen LogP) is 4.05. The molecule has 2 aromatic rings. The van der Waals surface area contributed by atoms with E-state index in [-0.39, 0.29) is 18.3 Å². The van der Waals surface area contributed by atoms with E-state index >= 15 is 0 Å². The van der Waals surface area contributed by atoms with Crippen molar-refractivity contribution in [3.8, 4) is 5.75 Å². The first-order valence-corrected chi connectivity index (χ1v) is 13.3. The van der Waals surface area contributed by atoms with E-state index in [1.54, 1.807) is 6.07 Å². The van der Waals surface area contributed by atoms with Gasteiger partial charge in [-0.15, -0.1) is 0 Å². The summed E-state index contributed by atoms with van der Waals surface area (Å²) in [7, 11) is 0. The number of amides is 1. The summed E-state index contributed by atoms with van der Waals surface area (Å²) in [6.07, 6.45) is 8.10. The highest BCUT2D eigenvalue weighted by atomic mass is 35.5. The monoisotopic (exact) mass is 501 g/mol. The molecule has 35 heavy (non-hydrogen) atoms. The Morgan fingerprint density at radius 2 is 1.66 bits per heavy atom. The number of carbonyl (C=O) groups is 1. The van der Waals surface area contributed by atoms with Crippen LogP contribution in [0.15, 0.2) is 42.5 Å². The number of aliphatic hydroxyl groups excluding tert-OH is 1. The van der Waals surface area contributed by atoms with Crippen molar-refractivity contribution in [2.24, 2.45) is 0 Å². The quantitative estimate of drug-likeness (QED) is 0.293. The Morgan fingerprint density at radius 3 is 2.37 bits per heavy atom. The Hall–Kier alpha value is -2.12. The van der Waals surface area contributed by atoms with Gasteiger partial charge in [-0.25, -0.2) is 0 Å². The smallest absolute Gasteiger partial charge is 0.224 e. The largest absolute Gasteiger partial charge is 0.508 e. The van der Waals surface area contributed by atoms with E-state index < -0.39 is 0 Å². The van der Waals surface area contributed by atoms with Crippen molar-refractivity contribution >= 4 is 17.5 Å². The second kappa shape index (κ2) is 15.1. The number of rotatable bonds is 14. The third kappa shape index (κ3) is 9.45. The van der Waals surface area contributed by atoms with Crippen molar-refractivity contribution in [2.75, 3.05) is 32.7 Å². The summed E-state index contributed by atoms with van der Waals surface area (Å²) >= 11 is 6.05. The Bertz CT molecular complexity index is 918. The molecule has 0 unspecified atom stereocenters. The van der Waals surface area contributed by atoms with Gasteiger partial charge >= 0.3 is 0 Å². The summed E-state index contributed by atoms with van der Waals surface area (Å²) in [5.41, 5.74) is 2.83. The van der Waals surface area contributed by atoms with Crippen LogP contribution in [0.2, 0.25) is 5.02 Å². The number of halogens is 1. The van der Waals surface area contributed by atoms with Crippen LogP contribution >= 0.6 is 11.6 Å². The lowest BCUT2D eigenvalue weighted by atomic mass is 9.94. The van der Waals surface area contributed by atoms with Crippen LogP contribution in [-0.4, -0.2) is 59.8 Å². The fourth-order valence-electron chi connectivity index (χ4n) is 4.77. The second-order valence-corrected chi connectivity index (χ2v) is 9.82. The molecule has 1 amide bonds. The van der Waals surface area contributed by atoms with Crippen LogP contribution in [0.3, 0.4) is 0 Å². The summed E-state index contributed by atoms with van der Waals surface area (Å²) in [6, 6.07) is 13.6. The molecule has 0 spiro atoms. The number of aliphatic hydroxyl groups is 1. The van der Waals surface area contributed by atoms with Crippen LogP contribution in [0.25, 0.3) is 0 Å². The lowest BCUT2D eigenvalue weighted by Crippen LogP contribution is -2.45. The molecule has 6 nitrogen and oxygen atoms in total. The SMILES string of the molecule is O=C(CCNCCc1cccc(Cl)c1)N(CCNCCc1ccc(O)c(CO)c1)C1CCCCC1. The first kappa shape index (κ1) is 27.5. The minimum atomic E-state index is -0.166. The second-order valence-electron chi connectivity index (χ2n) is 9.38. The number of hydrogen-bond donors (Lipinski definition) is 4. The first-order chi connectivity index (χ1) is 17.1. The number of phenols is 1. The molecule has 1 aliphatic carbocycles. The highest BCUT2D eigenvalue weighted by molar-refractivity contribution is 6.30. The summed E-state index contributed by atoms with van der Waals surface area (Å²) in [5, 5.41) is 26.7. The van der Waals surface area contributed by atoms with Crippen molar-refractivity contribution in [3.05, 3.63) is 64.2 Å². The van der Waals surface area contributed by atoms with E-state index in [1.807, 2.05) is 30.3 Å². The maximum absolute atomic E-state index is 13.1. The van der Waals surface area contributed by atoms with Crippen molar-refractivity contribution in [2.45, 2.75) is 64.0 Å². The summed E-state index contributed by atoms with van der Waals surface area (Å²) in [6.45, 7) is 3.62. The maximum Gasteiger partial charge on any atom is 0.224 e. The van der Waals surface area contributed by atoms with Gasteiger partial charge in [0.05, 0.1) is 6.61 Å². The Balaban J connectivity index is 1.39. The lowest BCUT2D eigenvalue weighted by Gasteiger charge is -2.34. The average Bonchev–Trinajstić information content (AvgIpc) is 2.87. The summed E-state index contributed by atoms with van der Waals surface area (Å²) in [5.74, 6) is 0.366. The van der Waals surface area contributed by atoms with E-state index in [1.165, 1.54) is 24.8 Å². The van der Waals surface area contributed by atoms with Gasteiger partial charge in [0.2, 0.25) is 5.91 Å². The Kier molecular flexibility index (Phi) is 11.8. The van der Waals surface area contributed by atoms with Gasteiger partial charge in [0.15, 0.2) is 0 Å². The summed E-state index contributed by atoms with van der Waals surface area (Å²) < 4.78 is 0. The molecule has 0 atom stereocenters. The molecule has 0 bridgehead atoms. The molecule has 2 aromatic carbocycles. The molecule has 0 radical (unpaired) electrons. The molecule has 0 aromatic heterocycles. The third-order valence-electron chi connectivity index (χ3n) is 6.77. The van der Waals surface area contributed by atoms with E-state index in [0.29, 0.717) is 24.6 Å². The molecule has 0 saturated heterocycles. The third-order valence-corrected chi connectivity index (χ3v) is 7.00. The lowest BCUT2D eigenvalue weighted by molar-refractivity contribution is -0.134. The van der Waals surface area contributed by atoms with Crippen molar-refractivity contribution < 1.29 is 15.0 Å². The number of carbonyl (C=O) groups excluding carboxylic acids is 1.